The Morgan fingerprint density at radius 3 is 2.90 bits per heavy atom. The first kappa shape index (κ1) is 15.4. The normalized spacial score (nSPS) is 20.2. The number of hydrogen-bond acceptors (Lipinski definition) is 2. The second kappa shape index (κ2) is 7.70. The van der Waals surface area contributed by atoms with Gasteiger partial charge in [0.2, 0.25) is 0 Å². The monoisotopic (exact) mass is 283 g/mol. The Morgan fingerprint density at radius 2 is 2.25 bits per heavy atom. The zero-order chi connectivity index (χ0) is 14.4. The number of nitrogens with one attached hydrogen (secondary N) is 1. The molecule has 2 rings (SSSR count). The fourth-order valence-electron chi connectivity index (χ4n) is 2.69. The van der Waals surface area contributed by atoms with E-state index in [4.69, 9.17) is 4.74 Å². The molecule has 2 atom stereocenters. The third-order valence-corrected chi connectivity index (χ3v) is 3.74. The Bertz CT molecular complexity index is 419. The van der Waals surface area contributed by atoms with E-state index in [1.807, 2.05) is 0 Å². The van der Waals surface area contributed by atoms with Crippen molar-refractivity contribution in [2.24, 2.45) is 0 Å². The number of hydrogen-bond donors (Lipinski definition) is 1. The molecule has 1 aromatic carbocycles. The molecule has 0 radical (unpaired) electrons. The molecule has 1 saturated heterocycles. The van der Waals surface area contributed by atoms with E-state index in [-0.39, 0.29) is 12.1 Å². The van der Waals surface area contributed by atoms with Crippen LogP contribution in [-0.2, 0) is 11.2 Å². The van der Waals surface area contributed by atoms with Crippen molar-refractivity contribution in [1.29, 1.82) is 0 Å². The van der Waals surface area contributed by atoms with Gasteiger partial charge in [0.25, 0.3) is 0 Å². The van der Waals surface area contributed by atoms with Crippen LogP contribution in [0, 0.1) is 11.6 Å². The molecule has 0 aliphatic carbocycles. The lowest BCUT2D eigenvalue weighted by Gasteiger charge is -2.22. The average molecular weight is 283 g/mol. The van der Waals surface area contributed by atoms with Crippen LogP contribution in [0.1, 0.15) is 38.2 Å². The third-order valence-electron chi connectivity index (χ3n) is 3.74. The quantitative estimate of drug-likeness (QED) is 0.827. The summed E-state index contributed by atoms with van der Waals surface area (Å²) in [6.07, 6.45) is 4.95. The van der Waals surface area contributed by atoms with Gasteiger partial charge < -0.3 is 10.1 Å². The zero-order valence-corrected chi connectivity index (χ0v) is 12.0. The van der Waals surface area contributed by atoms with Crippen LogP contribution in [0.2, 0.25) is 0 Å². The minimum atomic E-state index is -0.525. The number of benzene rings is 1. The van der Waals surface area contributed by atoms with Crippen molar-refractivity contribution in [3.05, 3.63) is 35.4 Å². The second-order valence-corrected chi connectivity index (χ2v) is 5.46. The van der Waals surface area contributed by atoms with E-state index in [1.165, 1.54) is 6.07 Å². The van der Waals surface area contributed by atoms with E-state index in [1.54, 1.807) is 6.07 Å². The van der Waals surface area contributed by atoms with Crippen LogP contribution in [0.25, 0.3) is 0 Å². The Morgan fingerprint density at radius 1 is 1.40 bits per heavy atom. The molecule has 1 heterocycles. The lowest BCUT2D eigenvalue weighted by Crippen LogP contribution is -2.35. The van der Waals surface area contributed by atoms with Gasteiger partial charge in [0, 0.05) is 18.7 Å². The Labute approximate surface area is 119 Å². The highest BCUT2D eigenvalue weighted by atomic mass is 19.1. The van der Waals surface area contributed by atoms with Crippen molar-refractivity contribution in [2.45, 2.75) is 51.2 Å². The van der Waals surface area contributed by atoms with Crippen molar-refractivity contribution in [3.8, 4) is 0 Å². The maximum Gasteiger partial charge on any atom is 0.129 e. The summed E-state index contributed by atoms with van der Waals surface area (Å²) in [5.41, 5.74) is 0.568. The van der Waals surface area contributed by atoms with Gasteiger partial charge >= 0.3 is 0 Å². The van der Waals surface area contributed by atoms with Gasteiger partial charge in [-0.3, -0.25) is 0 Å². The third kappa shape index (κ3) is 4.53. The highest BCUT2D eigenvalue weighted by Gasteiger charge is 2.21. The van der Waals surface area contributed by atoms with Crippen molar-refractivity contribution < 1.29 is 13.5 Å². The molecule has 0 aromatic heterocycles. The molecule has 2 nitrogen and oxygen atoms in total. The number of halogens is 2. The molecule has 0 bridgehead atoms. The van der Waals surface area contributed by atoms with Gasteiger partial charge in [0.1, 0.15) is 11.6 Å². The van der Waals surface area contributed by atoms with E-state index in [9.17, 15) is 8.78 Å². The Balaban J connectivity index is 1.97. The minimum absolute atomic E-state index is 0.179. The van der Waals surface area contributed by atoms with Crippen LogP contribution < -0.4 is 5.32 Å². The zero-order valence-electron chi connectivity index (χ0n) is 12.0. The molecule has 1 aromatic rings. The van der Waals surface area contributed by atoms with Gasteiger partial charge in [-0.15, -0.1) is 0 Å². The van der Waals surface area contributed by atoms with Gasteiger partial charge in [0.05, 0.1) is 6.10 Å². The molecular weight excluding hydrogens is 260 g/mol. The SMILES string of the molecule is CCCNC(Cc1ccc(F)cc1F)CC1CCCO1. The van der Waals surface area contributed by atoms with Gasteiger partial charge in [-0.1, -0.05) is 13.0 Å². The van der Waals surface area contributed by atoms with Gasteiger partial charge in [-0.2, -0.15) is 0 Å². The van der Waals surface area contributed by atoms with Gasteiger partial charge in [0.15, 0.2) is 0 Å². The molecule has 0 saturated carbocycles. The lowest BCUT2D eigenvalue weighted by molar-refractivity contribution is 0.0945. The largest absolute Gasteiger partial charge is 0.378 e. The van der Waals surface area contributed by atoms with Crippen LogP contribution in [-0.4, -0.2) is 25.3 Å². The highest BCUT2D eigenvalue weighted by Crippen LogP contribution is 2.20. The molecule has 1 aliphatic heterocycles. The maximum absolute atomic E-state index is 13.7. The summed E-state index contributed by atoms with van der Waals surface area (Å²) in [6, 6.07) is 4.00. The van der Waals surface area contributed by atoms with Crippen LogP contribution in [0.3, 0.4) is 0 Å². The van der Waals surface area contributed by atoms with Crippen LogP contribution in [0.4, 0.5) is 8.78 Å². The fraction of sp³-hybridized carbons (Fsp3) is 0.625. The van der Waals surface area contributed by atoms with Crippen LogP contribution in [0.5, 0.6) is 0 Å². The average Bonchev–Trinajstić information content (AvgIpc) is 2.92. The second-order valence-electron chi connectivity index (χ2n) is 5.46. The fourth-order valence-corrected chi connectivity index (χ4v) is 2.69. The molecule has 20 heavy (non-hydrogen) atoms. The van der Waals surface area contributed by atoms with Crippen molar-refractivity contribution in [1.82, 2.24) is 5.32 Å². The maximum atomic E-state index is 13.7. The molecule has 0 spiro atoms. The Kier molecular flexibility index (Phi) is 5.92. The molecular formula is C16H23F2NO. The molecule has 4 heteroatoms. The van der Waals surface area contributed by atoms with E-state index in [2.05, 4.69) is 12.2 Å². The topological polar surface area (TPSA) is 21.3 Å². The van der Waals surface area contributed by atoms with Gasteiger partial charge in [-0.25, -0.2) is 8.78 Å². The highest BCUT2D eigenvalue weighted by molar-refractivity contribution is 5.19. The smallest absolute Gasteiger partial charge is 0.129 e. The first-order valence-corrected chi connectivity index (χ1v) is 7.48. The molecule has 2 unspecified atom stereocenters. The van der Waals surface area contributed by atoms with Crippen molar-refractivity contribution >= 4 is 0 Å². The van der Waals surface area contributed by atoms with Crippen LogP contribution >= 0.6 is 0 Å². The van der Waals surface area contributed by atoms with E-state index >= 15 is 0 Å². The summed E-state index contributed by atoms with van der Waals surface area (Å²) in [6.45, 7) is 3.84. The predicted octanol–water partition coefficient (Wildman–Crippen LogP) is 3.44. The summed E-state index contributed by atoms with van der Waals surface area (Å²) in [5, 5.41) is 3.45. The number of ether oxygens (including phenoxy) is 1. The molecule has 112 valence electrons. The van der Waals surface area contributed by atoms with Crippen molar-refractivity contribution in [2.75, 3.05) is 13.2 Å². The number of rotatable bonds is 7. The van der Waals surface area contributed by atoms with Gasteiger partial charge in [-0.05, 0) is 50.3 Å². The van der Waals surface area contributed by atoms with E-state index in [0.717, 1.165) is 44.9 Å². The van der Waals surface area contributed by atoms with E-state index in [0.29, 0.717) is 12.0 Å². The summed E-state index contributed by atoms with van der Waals surface area (Å²) >= 11 is 0. The molecule has 1 N–H and O–H groups in total. The van der Waals surface area contributed by atoms with Crippen LogP contribution in [0.15, 0.2) is 18.2 Å². The van der Waals surface area contributed by atoms with Crippen molar-refractivity contribution in [3.63, 3.8) is 0 Å². The minimum Gasteiger partial charge on any atom is -0.378 e. The summed E-state index contributed by atoms with van der Waals surface area (Å²) < 4.78 is 32.3. The summed E-state index contributed by atoms with van der Waals surface area (Å²) in [5.74, 6) is -0.982. The molecule has 1 fully saturated rings. The molecule has 1 aliphatic rings. The predicted molar refractivity (Wildman–Crippen MR) is 75.7 cm³/mol. The first-order valence-electron chi connectivity index (χ1n) is 7.48. The first-order chi connectivity index (χ1) is 9.69. The molecule has 0 amide bonds. The summed E-state index contributed by atoms with van der Waals surface area (Å²) in [4.78, 5) is 0. The van der Waals surface area contributed by atoms with E-state index < -0.39 is 11.6 Å². The summed E-state index contributed by atoms with van der Waals surface area (Å²) in [7, 11) is 0. The standard InChI is InChI=1S/C16H23F2NO/c1-2-7-19-14(11-15-4-3-8-20-15)9-12-5-6-13(17)10-16(12)18/h5-6,10,14-15,19H,2-4,7-9,11H2,1H3. The lowest BCUT2D eigenvalue weighted by atomic mass is 9.98. The Hall–Kier alpha value is -1.00.